The van der Waals surface area contributed by atoms with Crippen LogP contribution in [-0.4, -0.2) is 18.6 Å². The standard InChI is InChI=1S/C29H54OSSi/c1-6-9-12-13-14-15-16-17-18-19-22-32(4,5)25-31-28-23-26(20-10-7-2)29(30)27(24-28)21-11-8-3/h23-24,30H,6-22,25H2,1-5H3. The predicted molar refractivity (Wildman–Crippen MR) is 150 cm³/mol. The van der Waals surface area contributed by atoms with Gasteiger partial charge in [0.2, 0.25) is 0 Å². The Balaban J connectivity index is 2.42. The van der Waals surface area contributed by atoms with Crippen molar-refractivity contribution in [3.8, 4) is 5.75 Å². The molecule has 1 nitrogen and oxygen atoms in total. The minimum absolute atomic E-state index is 0.582. The van der Waals surface area contributed by atoms with Crippen molar-refractivity contribution in [1.29, 1.82) is 0 Å². The molecule has 0 fully saturated rings. The van der Waals surface area contributed by atoms with E-state index in [1.165, 1.54) is 104 Å². The van der Waals surface area contributed by atoms with Crippen LogP contribution in [0.4, 0.5) is 0 Å². The summed E-state index contributed by atoms with van der Waals surface area (Å²) in [6.45, 7) is 11.9. The maximum absolute atomic E-state index is 10.8. The lowest BCUT2D eigenvalue weighted by Gasteiger charge is -2.22. The summed E-state index contributed by atoms with van der Waals surface area (Å²) in [5, 5.41) is 12.1. The molecule has 0 unspecified atom stereocenters. The Labute approximate surface area is 206 Å². The highest BCUT2D eigenvalue weighted by Crippen LogP contribution is 2.34. The van der Waals surface area contributed by atoms with E-state index in [0.717, 1.165) is 25.7 Å². The molecule has 0 aromatic heterocycles. The van der Waals surface area contributed by atoms with Crippen LogP contribution >= 0.6 is 11.8 Å². The monoisotopic (exact) mass is 478 g/mol. The first-order valence-corrected chi connectivity index (χ1v) is 18.3. The molecule has 0 saturated heterocycles. The van der Waals surface area contributed by atoms with Gasteiger partial charge in [0.05, 0.1) is 8.07 Å². The third-order valence-electron chi connectivity index (χ3n) is 6.68. The van der Waals surface area contributed by atoms with E-state index < -0.39 is 8.07 Å². The number of hydrogen-bond acceptors (Lipinski definition) is 2. The van der Waals surface area contributed by atoms with Crippen LogP contribution in [0.1, 0.15) is 122 Å². The number of rotatable bonds is 20. The molecule has 0 bridgehead atoms. The van der Waals surface area contributed by atoms with E-state index in [2.05, 4.69) is 57.8 Å². The van der Waals surface area contributed by atoms with Crippen molar-refractivity contribution in [3.05, 3.63) is 23.3 Å². The van der Waals surface area contributed by atoms with Gasteiger partial charge in [-0.15, -0.1) is 11.8 Å². The third kappa shape index (κ3) is 13.3. The van der Waals surface area contributed by atoms with Crippen LogP contribution in [0.15, 0.2) is 17.0 Å². The summed E-state index contributed by atoms with van der Waals surface area (Å²) in [5.41, 5.74) is 2.36. The topological polar surface area (TPSA) is 20.2 Å². The van der Waals surface area contributed by atoms with E-state index in [0.29, 0.717) is 5.75 Å². The summed E-state index contributed by atoms with van der Waals surface area (Å²) in [4.78, 5) is 1.39. The molecular weight excluding hydrogens is 424 g/mol. The molecule has 0 atom stereocenters. The van der Waals surface area contributed by atoms with Crippen LogP contribution in [0.5, 0.6) is 5.75 Å². The zero-order chi connectivity index (χ0) is 23.7. The van der Waals surface area contributed by atoms with E-state index in [1.807, 2.05) is 0 Å². The average Bonchev–Trinajstić information content (AvgIpc) is 2.77. The average molecular weight is 479 g/mol. The Morgan fingerprint density at radius 1 is 0.656 bits per heavy atom. The normalized spacial score (nSPS) is 11.9. The Kier molecular flexibility index (Phi) is 16.6. The Morgan fingerprint density at radius 3 is 1.56 bits per heavy atom. The molecule has 1 N–H and O–H groups in total. The number of hydrogen-bond donors (Lipinski definition) is 1. The predicted octanol–water partition coefficient (Wildman–Crippen LogP) is 10.3. The van der Waals surface area contributed by atoms with Crippen LogP contribution in [0.25, 0.3) is 0 Å². The van der Waals surface area contributed by atoms with Gasteiger partial charge >= 0.3 is 0 Å². The molecule has 1 rings (SSSR count). The molecule has 186 valence electrons. The fraction of sp³-hybridized carbons (Fsp3) is 0.793. The van der Waals surface area contributed by atoms with Gasteiger partial charge in [-0.05, 0) is 54.3 Å². The van der Waals surface area contributed by atoms with E-state index in [1.54, 1.807) is 0 Å². The molecule has 32 heavy (non-hydrogen) atoms. The number of thioether (sulfide) groups is 1. The largest absolute Gasteiger partial charge is 0.507 e. The van der Waals surface area contributed by atoms with E-state index in [-0.39, 0.29) is 0 Å². The van der Waals surface area contributed by atoms with Crippen molar-refractivity contribution in [3.63, 3.8) is 0 Å². The quantitative estimate of drug-likeness (QED) is 0.114. The second-order valence-electron chi connectivity index (χ2n) is 10.7. The van der Waals surface area contributed by atoms with Gasteiger partial charge in [0.1, 0.15) is 5.75 Å². The first-order valence-electron chi connectivity index (χ1n) is 13.9. The highest BCUT2D eigenvalue weighted by molar-refractivity contribution is 8.01. The number of aryl methyl sites for hydroxylation is 2. The highest BCUT2D eigenvalue weighted by Gasteiger charge is 2.21. The lowest BCUT2D eigenvalue weighted by molar-refractivity contribution is 0.458. The van der Waals surface area contributed by atoms with Gasteiger partial charge < -0.3 is 5.11 Å². The van der Waals surface area contributed by atoms with E-state index in [4.69, 9.17) is 0 Å². The summed E-state index contributed by atoms with van der Waals surface area (Å²) in [6.07, 6.45) is 21.0. The summed E-state index contributed by atoms with van der Waals surface area (Å²) in [7, 11) is -1.18. The van der Waals surface area contributed by atoms with Crippen LogP contribution < -0.4 is 0 Å². The molecule has 0 amide bonds. The molecule has 1 aromatic carbocycles. The molecule has 0 saturated carbocycles. The maximum Gasteiger partial charge on any atom is 0.122 e. The molecule has 0 aliphatic carbocycles. The fourth-order valence-corrected chi connectivity index (χ4v) is 8.83. The molecule has 0 spiro atoms. The first-order chi connectivity index (χ1) is 15.4. The van der Waals surface area contributed by atoms with E-state index >= 15 is 0 Å². The Bertz CT molecular complexity index is 570. The van der Waals surface area contributed by atoms with Gasteiger partial charge in [0.25, 0.3) is 0 Å². The number of benzene rings is 1. The Morgan fingerprint density at radius 2 is 1.09 bits per heavy atom. The van der Waals surface area contributed by atoms with Gasteiger partial charge in [-0.1, -0.05) is 117 Å². The molecule has 0 aliphatic rings. The third-order valence-corrected chi connectivity index (χ3v) is 12.7. The second-order valence-corrected chi connectivity index (χ2v) is 17.4. The smallest absolute Gasteiger partial charge is 0.122 e. The van der Waals surface area contributed by atoms with Gasteiger partial charge in [0, 0.05) is 4.90 Å². The van der Waals surface area contributed by atoms with Crippen LogP contribution in [0.2, 0.25) is 19.1 Å². The van der Waals surface area contributed by atoms with Crippen LogP contribution in [-0.2, 0) is 12.8 Å². The lowest BCUT2D eigenvalue weighted by Crippen LogP contribution is -2.29. The van der Waals surface area contributed by atoms with Crippen molar-refractivity contribution in [2.45, 2.75) is 148 Å². The molecular formula is C29H54OSSi. The first kappa shape index (κ1) is 29.6. The Hall–Kier alpha value is -0.413. The van der Waals surface area contributed by atoms with Crippen molar-refractivity contribution < 1.29 is 5.11 Å². The van der Waals surface area contributed by atoms with Gasteiger partial charge in [0.15, 0.2) is 0 Å². The second kappa shape index (κ2) is 18.0. The van der Waals surface area contributed by atoms with Crippen molar-refractivity contribution in [1.82, 2.24) is 0 Å². The molecule has 0 radical (unpaired) electrons. The van der Waals surface area contributed by atoms with Crippen molar-refractivity contribution in [2.24, 2.45) is 0 Å². The summed E-state index contributed by atoms with van der Waals surface area (Å²) < 4.78 is 0. The SMILES string of the molecule is CCCCCCCCCCCC[Si](C)(C)CSc1cc(CCCC)c(O)c(CCCC)c1. The number of unbranched alkanes of at least 4 members (excludes halogenated alkanes) is 11. The summed E-state index contributed by atoms with van der Waals surface area (Å²) >= 11 is 2.06. The minimum Gasteiger partial charge on any atom is -0.507 e. The minimum atomic E-state index is -1.18. The van der Waals surface area contributed by atoms with Gasteiger partial charge in [-0.3, -0.25) is 0 Å². The molecule has 0 aliphatic heterocycles. The maximum atomic E-state index is 10.8. The fourth-order valence-electron chi connectivity index (χ4n) is 4.37. The zero-order valence-electron chi connectivity index (χ0n) is 22.2. The summed E-state index contributed by atoms with van der Waals surface area (Å²) in [6, 6.07) is 6.03. The van der Waals surface area contributed by atoms with Crippen LogP contribution in [0.3, 0.4) is 0 Å². The highest BCUT2D eigenvalue weighted by atomic mass is 32.2. The number of aromatic hydroxyl groups is 1. The number of phenolic OH excluding ortho intramolecular Hbond substituents is 1. The van der Waals surface area contributed by atoms with E-state index in [9.17, 15) is 5.11 Å². The molecule has 0 heterocycles. The molecule has 1 aromatic rings. The van der Waals surface area contributed by atoms with Crippen molar-refractivity contribution in [2.75, 3.05) is 5.38 Å². The molecule has 3 heteroatoms. The summed E-state index contributed by atoms with van der Waals surface area (Å²) in [5.74, 6) is 0.582. The van der Waals surface area contributed by atoms with Crippen LogP contribution in [0, 0.1) is 0 Å². The van der Waals surface area contributed by atoms with Crippen molar-refractivity contribution >= 4 is 19.8 Å². The number of phenols is 1. The zero-order valence-corrected chi connectivity index (χ0v) is 24.1. The van der Waals surface area contributed by atoms with Gasteiger partial charge in [-0.2, -0.15) is 0 Å². The van der Waals surface area contributed by atoms with Gasteiger partial charge in [-0.25, -0.2) is 0 Å². The lowest BCUT2D eigenvalue weighted by atomic mass is 10.0.